The number of carbonyl (C=O) groups excluding carboxylic acids is 6. The number of amides is 6. The van der Waals surface area contributed by atoms with Crippen molar-refractivity contribution in [3.8, 4) is 0 Å². The lowest BCUT2D eigenvalue weighted by Crippen LogP contribution is -2.60. The number of nitrogens with one attached hydrogen (secondary N) is 8. The zero-order valence-electron chi connectivity index (χ0n) is 35.7. The van der Waals surface area contributed by atoms with Crippen LogP contribution in [0.1, 0.15) is 41.6 Å². The lowest BCUT2D eigenvalue weighted by molar-refractivity contribution is -0.135. The molecule has 0 unspecified atom stereocenters. The predicted octanol–water partition coefficient (Wildman–Crippen LogP) is 0.938. The quantitative estimate of drug-likeness (QED) is 0.0304. The van der Waals surface area contributed by atoms with Crippen LogP contribution in [0.15, 0.2) is 104 Å². The van der Waals surface area contributed by atoms with Gasteiger partial charge in [0.2, 0.25) is 35.4 Å². The third-order valence-corrected chi connectivity index (χ3v) is 11.5. The van der Waals surface area contributed by atoms with Crippen LogP contribution in [0.25, 0.3) is 21.8 Å². The third kappa shape index (κ3) is 13.1. The number of H-pyrrole nitrogens is 3. The Labute approximate surface area is 380 Å². The summed E-state index contributed by atoms with van der Waals surface area (Å²) in [5.74, 6) is -4.23. The molecule has 3 aromatic carbocycles. The van der Waals surface area contributed by atoms with Gasteiger partial charge in [0, 0.05) is 77.5 Å². The second kappa shape index (κ2) is 23.1. The van der Waals surface area contributed by atoms with Crippen molar-refractivity contribution in [2.75, 3.05) is 12.3 Å². The highest BCUT2D eigenvalue weighted by molar-refractivity contribution is 7.80. The Kier molecular flexibility index (Phi) is 16.9. The van der Waals surface area contributed by atoms with E-state index in [1.165, 1.54) is 12.5 Å². The van der Waals surface area contributed by atoms with Crippen molar-refractivity contribution in [1.29, 1.82) is 0 Å². The molecule has 0 fully saturated rings. The molecule has 6 atom stereocenters. The van der Waals surface area contributed by atoms with Crippen LogP contribution in [0.2, 0.25) is 0 Å². The number of aromatic nitrogens is 4. The van der Waals surface area contributed by atoms with Crippen LogP contribution in [0, 0.1) is 0 Å². The first kappa shape index (κ1) is 47.5. The molecule has 6 rings (SSSR count). The number of nitrogens with two attached hydrogens (primary N) is 3. The number of unbranched alkanes of at least 4 members (excludes halogenated alkanes) is 1. The Morgan fingerprint density at radius 2 is 1.09 bits per heavy atom. The molecule has 0 aliphatic carbocycles. The topological polar surface area (TPSA) is 301 Å². The number of imidazole rings is 1. The maximum Gasteiger partial charge on any atom is 0.244 e. The van der Waals surface area contributed by atoms with Crippen molar-refractivity contribution in [2.24, 2.45) is 17.2 Å². The Hall–Kier alpha value is -6.96. The van der Waals surface area contributed by atoms with Crippen molar-refractivity contribution in [3.05, 3.63) is 126 Å². The minimum absolute atomic E-state index is 0.00626. The monoisotopic (exact) mass is 904 g/mol. The fourth-order valence-electron chi connectivity index (χ4n) is 7.58. The van der Waals surface area contributed by atoms with Gasteiger partial charge in [-0.3, -0.25) is 28.8 Å². The van der Waals surface area contributed by atoms with E-state index in [2.05, 4.69) is 59.1 Å². The number of fused-ring (bicyclic) bond motifs is 2. The summed E-state index contributed by atoms with van der Waals surface area (Å²) in [7, 11) is 0. The van der Waals surface area contributed by atoms with Gasteiger partial charge in [-0.2, -0.15) is 12.6 Å². The predicted molar refractivity (Wildman–Crippen MR) is 250 cm³/mol. The molecule has 6 amide bonds. The summed E-state index contributed by atoms with van der Waals surface area (Å²) in [4.78, 5) is 96.0. The number of thiol groups is 1. The number of carbonyl (C=O) groups is 6. The van der Waals surface area contributed by atoms with E-state index in [0.29, 0.717) is 36.2 Å². The molecule has 0 saturated carbocycles. The second-order valence-corrected chi connectivity index (χ2v) is 16.2. The van der Waals surface area contributed by atoms with Gasteiger partial charge in [-0.05, 0) is 54.6 Å². The van der Waals surface area contributed by atoms with Gasteiger partial charge in [0.05, 0.1) is 12.4 Å². The van der Waals surface area contributed by atoms with Crippen molar-refractivity contribution in [2.45, 2.75) is 81.2 Å². The fraction of sp³-hybridized carbons (Fsp3) is 0.326. The average Bonchev–Trinajstić information content (AvgIpc) is 4.08. The normalized spacial score (nSPS) is 14.1. The summed E-state index contributed by atoms with van der Waals surface area (Å²) in [5.41, 5.74) is 22.2. The molecule has 18 nitrogen and oxygen atoms in total. The van der Waals surface area contributed by atoms with Gasteiger partial charge in [0.15, 0.2) is 0 Å². The summed E-state index contributed by atoms with van der Waals surface area (Å²) in [6, 6.07) is 17.1. The fourth-order valence-corrected chi connectivity index (χ4v) is 7.84. The summed E-state index contributed by atoms with van der Waals surface area (Å²) in [6.45, 7) is 0.336. The van der Waals surface area contributed by atoms with E-state index in [1.807, 2.05) is 54.6 Å². The molecular weight excluding hydrogens is 849 g/mol. The molecule has 0 saturated heterocycles. The van der Waals surface area contributed by atoms with E-state index in [0.717, 1.165) is 27.4 Å². The molecule has 19 heteroatoms. The van der Waals surface area contributed by atoms with Crippen molar-refractivity contribution in [3.63, 3.8) is 0 Å². The highest BCUT2D eigenvalue weighted by Crippen LogP contribution is 2.21. The SMILES string of the molecule is NCCCC[C@H](NC(=O)[C@H](CS)NC(=O)[C@@H](N)Cc1cnc[nH]1)C(=O)N[C@@H](Cc1ccccc1)C(=O)N[C@@H](Cc1c[nH]c2ccccc12)C(=O)N[C@@H](Cc1c[nH]c2ccccc12)C(N)=O. The van der Waals surface area contributed by atoms with Gasteiger partial charge in [-0.25, -0.2) is 4.98 Å². The molecule has 14 N–H and O–H groups in total. The lowest BCUT2D eigenvalue weighted by Gasteiger charge is -2.27. The molecule has 3 heterocycles. The Bertz CT molecular complexity index is 2540. The summed E-state index contributed by atoms with van der Waals surface area (Å²) in [5, 5.41) is 15.5. The molecule has 0 radical (unpaired) electrons. The molecule has 0 aliphatic heterocycles. The first-order valence-corrected chi connectivity index (χ1v) is 22.1. The third-order valence-electron chi connectivity index (χ3n) is 11.1. The van der Waals surface area contributed by atoms with Crippen LogP contribution in [-0.4, -0.2) is 104 Å². The zero-order valence-corrected chi connectivity index (χ0v) is 36.6. The van der Waals surface area contributed by atoms with Gasteiger partial charge in [-0.1, -0.05) is 66.7 Å². The van der Waals surface area contributed by atoms with Crippen molar-refractivity contribution < 1.29 is 28.8 Å². The van der Waals surface area contributed by atoms with Crippen molar-refractivity contribution in [1.82, 2.24) is 46.5 Å². The molecule has 0 spiro atoms. The molecule has 0 bridgehead atoms. The van der Waals surface area contributed by atoms with Gasteiger partial charge >= 0.3 is 0 Å². The van der Waals surface area contributed by atoms with Crippen molar-refractivity contribution >= 4 is 69.9 Å². The number of primary amides is 1. The van der Waals surface area contributed by atoms with Crippen LogP contribution in [-0.2, 0) is 54.5 Å². The first-order chi connectivity index (χ1) is 31.4. The minimum Gasteiger partial charge on any atom is -0.368 e. The summed E-state index contributed by atoms with van der Waals surface area (Å²) < 4.78 is 0. The van der Waals surface area contributed by atoms with E-state index in [1.54, 1.807) is 36.7 Å². The van der Waals surface area contributed by atoms with Crippen LogP contribution in [0.4, 0.5) is 0 Å². The molecule has 0 aliphatic rings. The highest BCUT2D eigenvalue weighted by atomic mass is 32.1. The molecule has 6 aromatic rings. The van der Waals surface area contributed by atoms with E-state index in [-0.39, 0.29) is 37.9 Å². The number of benzene rings is 3. The number of nitrogens with zero attached hydrogens (tertiary/aromatic N) is 1. The molecule has 3 aromatic heterocycles. The van der Waals surface area contributed by atoms with E-state index in [9.17, 15) is 28.8 Å². The second-order valence-electron chi connectivity index (χ2n) is 15.9. The maximum atomic E-state index is 14.6. The summed E-state index contributed by atoms with van der Waals surface area (Å²) in [6.07, 6.45) is 7.89. The van der Waals surface area contributed by atoms with Crippen LogP contribution in [0.5, 0.6) is 0 Å². The lowest BCUT2D eigenvalue weighted by atomic mass is 10.00. The zero-order chi connectivity index (χ0) is 46.3. The van der Waals surface area contributed by atoms with E-state index >= 15 is 0 Å². The van der Waals surface area contributed by atoms with E-state index in [4.69, 9.17) is 17.2 Å². The average molecular weight is 905 g/mol. The molecular formula is C46H56N12O6S. The Morgan fingerprint density at radius 1 is 0.585 bits per heavy atom. The number of hydrogen-bond acceptors (Lipinski definition) is 10. The number of para-hydroxylation sites is 2. The number of rotatable bonds is 24. The molecule has 342 valence electrons. The van der Waals surface area contributed by atoms with Gasteiger partial charge < -0.3 is 58.7 Å². The summed E-state index contributed by atoms with van der Waals surface area (Å²) >= 11 is 4.29. The van der Waals surface area contributed by atoms with Gasteiger partial charge in [-0.15, -0.1) is 0 Å². The maximum absolute atomic E-state index is 14.6. The minimum atomic E-state index is -1.25. The standard InChI is InChI=1S/C46H56N12O6S/c47-17-9-8-16-36(54-46(64)40(25-65)58-42(60)33(48)21-30-24-50-26-53-30)43(61)56-38(18-27-10-2-1-3-11-27)44(62)57-39(20-29-23-52-35-15-7-5-13-32(29)35)45(63)55-37(41(49)59)19-28-22-51-34-14-6-4-12-31(28)34/h1-7,10-15,22-24,26,33,36-40,51-52,65H,8-9,16-21,25,47-48H2,(H2,49,59)(H,50,53)(H,54,64)(H,55,63)(H,56,61)(H,57,62)(H,58,60)/t33-,36-,37-,38-,39-,40-/m0/s1. The first-order valence-electron chi connectivity index (χ1n) is 21.4. The largest absolute Gasteiger partial charge is 0.368 e. The Morgan fingerprint density at radius 3 is 1.66 bits per heavy atom. The Balaban J connectivity index is 1.23. The smallest absolute Gasteiger partial charge is 0.244 e. The van der Waals surface area contributed by atoms with Crippen LogP contribution in [0.3, 0.4) is 0 Å². The van der Waals surface area contributed by atoms with Crippen LogP contribution >= 0.6 is 12.6 Å². The van der Waals surface area contributed by atoms with E-state index < -0.39 is 71.7 Å². The van der Waals surface area contributed by atoms with Crippen LogP contribution < -0.4 is 43.8 Å². The number of aromatic amines is 3. The highest BCUT2D eigenvalue weighted by Gasteiger charge is 2.33. The number of hydrogen-bond donors (Lipinski definition) is 12. The molecule has 65 heavy (non-hydrogen) atoms. The van der Waals surface area contributed by atoms with Gasteiger partial charge in [0.1, 0.15) is 30.2 Å². The van der Waals surface area contributed by atoms with Gasteiger partial charge in [0.25, 0.3) is 0 Å².